The monoisotopic (exact) mass is 256 g/mol. The van der Waals surface area contributed by atoms with Crippen molar-refractivity contribution in [1.29, 1.82) is 0 Å². The summed E-state index contributed by atoms with van der Waals surface area (Å²) in [6, 6.07) is 11.5. The van der Waals surface area contributed by atoms with Gasteiger partial charge in [-0.1, -0.05) is 12.1 Å². The smallest absolute Gasteiger partial charge is 0.153 e. The first-order chi connectivity index (χ1) is 9.19. The van der Waals surface area contributed by atoms with E-state index in [-0.39, 0.29) is 0 Å². The van der Waals surface area contributed by atoms with Crippen molar-refractivity contribution in [3.05, 3.63) is 47.5 Å². The van der Waals surface area contributed by atoms with Crippen LogP contribution in [0.4, 0.5) is 0 Å². The van der Waals surface area contributed by atoms with Crippen molar-refractivity contribution in [2.75, 3.05) is 14.2 Å². The molecule has 0 amide bonds. The molecule has 2 rings (SSSR count). The molecule has 19 heavy (non-hydrogen) atoms. The Morgan fingerprint density at radius 1 is 0.895 bits per heavy atom. The zero-order valence-corrected chi connectivity index (χ0v) is 11.3. The first-order valence-electron chi connectivity index (χ1n) is 5.98. The van der Waals surface area contributed by atoms with E-state index in [4.69, 9.17) is 9.47 Å². The molecule has 0 saturated heterocycles. The van der Waals surface area contributed by atoms with Crippen molar-refractivity contribution in [2.45, 2.75) is 6.92 Å². The van der Waals surface area contributed by atoms with Crippen LogP contribution < -0.4 is 9.47 Å². The van der Waals surface area contributed by atoms with E-state index in [0.29, 0.717) is 11.3 Å². The molecule has 0 aliphatic carbocycles. The summed E-state index contributed by atoms with van der Waals surface area (Å²) in [7, 11) is 3.21. The van der Waals surface area contributed by atoms with Gasteiger partial charge in [0.15, 0.2) is 6.29 Å². The topological polar surface area (TPSA) is 35.5 Å². The molecule has 3 nitrogen and oxygen atoms in total. The zero-order valence-electron chi connectivity index (χ0n) is 11.3. The predicted molar refractivity (Wildman–Crippen MR) is 75.1 cm³/mol. The van der Waals surface area contributed by atoms with E-state index in [0.717, 1.165) is 28.7 Å². The van der Waals surface area contributed by atoms with Gasteiger partial charge in [-0.3, -0.25) is 4.79 Å². The molecule has 98 valence electrons. The van der Waals surface area contributed by atoms with Crippen molar-refractivity contribution in [1.82, 2.24) is 0 Å². The lowest BCUT2D eigenvalue weighted by Crippen LogP contribution is -1.92. The van der Waals surface area contributed by atoms with Gasteiger partial charge in [-0.2, -0.15) is 0 Å². The first-order valence-corrected chi connectivity index (χ1v) is 5.98. The molecule has 0 bridgehead atoms. The van der Waals surface area contributed by atoms with Crippen LogP contribution in [0, 0.1) is 6.92 Å². The van der Waals surface area contributed by atoms with Gasteiger partial charge in [0.05, 0.1) is 19.8 Å². The Hall–Kier alpha value is -2.29. The van der Waals surface area contributed by atoms with Crippen LogP contribution in [-0.2, 0) is 0 Å². The number of carbonyl (C=O) groups excluding carboxylic acids is 1. The van der Waals surface area contributed by atoms with Gasteiger partial charge >= 0.3 is 0 Å². The Morgan fingerprint density at radius 2 is 1.47 bits per heavy atom. The number of aryl methyl sites for hydroxylation is 1. The summed E-state index contributed by atoms with van der Waals surface area (Å²) in [6.45, 7) is 1.99. The predicted octanol–water partition coefficient (Wildman–Crippen LogP) is 3.49. The average Bonchev–Trinajstić information content (AvgIpc) is 2.46. The molecule has 0 aliphatic heterocycles. The van der Waals surface area contributed by atoms with E-state index in [1.54, 1.807) is 20.3 Å². The number of benzene rings is 2. The molecule has 0 saturated carbocycles. The molecule has 2 aromatic rings. The molecule has 0 N–H and O–H groups in total. The van der Waals surface area contributed by atoms with Crippen LogP contribution in [0.1, 0.15) is 15.9 Å². The Bertz CT molecular complexity index is 603. The lowest BCUT2D eigenvalue weighted by molar-refractivity contribution is 0.112. The highest BCUT2D eigenvalue weighted by molar-refractivity contribution is 5.83. The van der Waals surface area contributed by atoms with Gasteiger partial charge in [-0.15, -0.1) is 0 Å². The number of ether oxygens (including phenoxy) is 2. The third-order valence-electron chi connectivity index (χ3n) is 3.08. The number of hydrogen-bond acceptors (Lipinski definition) is 3. The highest BCUT2D eigenvalue weighted by atomic mass is 16.5. The SMILES string of the molecule is COc1ccc(-c2ccc(OC)c(C=O)c2)cc1C. The summed E-state index contributed by atoms with van der Waals surface area (Å²) in [5.41, 5.74) is 3.63. The van der Waals surface area contributed by atoms with Crippen LogP contribution >= 0.6 is 0 Å². The summed E-state index contributed by atoms with van der Waals surface area (Å²) >= 11 is 0. The van der Waals surface area contributed by atoms with E-state index in [2.05, 4.69) is 0 Å². The number of methoxy groups -OCH3 is 2. The van der Waals surface area contributed by atoms with E-state index in [1.807, 2.05) is 37.3 Å². The molecule has 0 atom stereocenters. The van der Waals surface area contributed by atoms with E-state index in [1.165, 1.54) is 0 Å². The Kier molecular flexibility index (Phi) is 3.85. The van der Waals surface area contributed by atoms with Gasteiger partial charge in [-0.25, -0.2) is 0 Å². The fraction of sp³-hybridized carbons (Fsp3) is 0.188. The normalized spacial score (nSPS) is 10.1. The quantitative estimate of drug-likeness (QED) is 0.785. The van der Waals surface area contributed by atoms with Crippen molar-refractivity contribution in [2.24, 2.45) is 0 Å². The molecule has 0 aliphatic rings. The Balaban J connectivity index is 2.47. The minimum atomic E-state index is 0.550. The van der Waals surface area contributed by atoms with Crippen LogP contribution in [0.5, 0.6) is 11.5 Å². The number of hydrogen-bond donors (Lipinski definition) is 0. The molecule has 2 aromatic carbocycles. The fourth-order valence-corrected chi connectivity index (χ4v) is 2.06. The number of aldehydes is 1. The maximum Gasteiger partial charge on any atom is 0.153 e. The van der Waals surface area contributed by atoms with Crippen molar-refractivity contribution >= 4 is 6.29 Å². The van der Waals surface area contributed by atoms with Crippen LogP contribution in [0.15, 0.2) is 36.4 Å². The van der Waals surface area contributed by atoms with Crippen LogP contribution in [0.25, 0.3) is 11.1 Å². The lowest BCUT2D eigenvalue weighted by atomic mass is 10.0. The molecule has 0 aromatic heterocycles. The minimum Gasteiger partial charge on any atom is -0.496 e. The van der Waals surface area contributed by atoms with Crippen molar-refractivity contribution < 1.29 is 14.3 Å². The second-order valence-electron chi connectivity index (χ2n) is 4.26. The summed E-state index contributed by atoms with van der Waals surface area (Å²) in [5, 5.41) is 0. The summed E-state index contributed by atoms with van der Waals surface area (Å²) in [4.78, 5) is 11.0. The Labute approximate surface area is 112 Å². The maximum atomic E-state index is 11.0. The molecular weight excluding hydrogens is 240 g/mol. The molecule has 3 heteroatoms. The third-order valence-corrected chi connectivity index (χ3v) is 3.08. The Morgan fingerprint density at radius 3 is 2.00 bits per heavy atom. The molecule has 0 spiro atoms. The zero-order chi connectivity index (χ0) is 13.8. The van der Waals surface area contributed by atoms with E-state index >= 15 is 0 Å². The molecule has 0 radical (unpaired) electrons. The maximum absolute atomic E-state index is 11.0. The van der Waals surface area contributed by atoms with Gasteiger partial charge < -0.3 is 9.47 Å². The van der Waals surface area contributed by atoms with Gasteiger partial charge in [-0.05, 0) is 47.9 Å². The van der Waals surface area contributed by atoms with Gasteiger partial charge in [0, 0.05) is 0 Å². The first kappa shape index (κ1) is 13.1. The molecule has 0 unspecified atom stereocenters. The van der Waals surface area contributed by atoms with Crippen molar-refractivity contribution in [3.63, 3.8) is 0 Å². The number of carbonyl (C=O) groups is 1. The highest BCUT2D eigenvalue weighted by Gasteiger charge is 2.06. The second-order valence-corrected chi connectivity index (χ2v) is 4.26. The highest BCUT2D eigenvalue weighted by Crippen LogP contribution is 2.29. The average molecular weight is 256 g/mol. The van der Waals surface area contributed by atoms with Crippen LogP contribution in [0.2, 0.25) is 0 Å². The summed E-state index contributed by atoms with van der Waals surface area (Å²) in [6.07, 6.45) is 0.804. The third kappa shape index (κ3) is 2.60. The van der Waals surface area contributed by atoms with E-state index in [9.17, 15) is 4.79 Å². The molecule has 0 heterocycles. The van der Waals surface area contributed by atoms with Crippen LogP contribution in [0.3, 0.4) is 0 Å². The second kappa shape index (κ2) is 5.57. The van der Waals surface area contributed by atoms with Crippen molar-refractivity contribution in [3.8, 4) is 22.6 Å². The minimum absolute atomic E-state index is 0.550. The largest absolute Gasteiger partial charge is 0.496 e. The standard InChI is InChI=1S/C16H16O3/c1-11-8-12(4-6-15(11)18-2)13-5-7-16(19-3)14(9-13)10-17/h4-10H,1-3H3. The molecule has 0 fully saturated rings. The van der Waals surface area contributed by atoms with Gasteiger partial charge in [0.1, 0.15) is 11.5 Å². The van der Waals surface area contributed by atoms with Gasteiger partial charge in [0.25, 0.3) is 0 Å². The lowest BCUT2D eigenvalue weighted by Gasteiger charge is -2.09. The van der Waals surface area contributed by atoms with Gasteiger partial charge in [0.2, 0.25) is 0 Å². The number of rotatable bonds is 4. The van der Waals surface area contributed by atoms with Crippen LogP contribution in [-0.4, -0.2) is 20.5 Å². The fourth-order valence-electron chi connectivity index (χ4n) is 2.06. The summed E-state index contributed by atoms with van der Waals surface area (Å²) in [5.74, 6) is 1.44. The summed E-state index contributed by atoms with van der Waals surface area (Å²) < 4.78 is 10.4. The van der Waals surface area contributed by atoms with E-state index < -0.39 is 0 Å². The molecular formula is C16H16O3.